The molecule has 0 radical (unpaired) electrons. The van der Waals surface area contributed by atoms with Crippen molar-refractivity contribution in [3.63, 3.8) is 0 Å². The molecule has 0 spiro atoms. The zero-order chi connectivity index (χ0) is 21.5. The van der Waals surface area contributed by atoms with Crippen molar-refractivity contribution < 1.29 is 26.3 Å². The maximum atomic E-state index is 14.7. The van der Waals surface area contributed by atoms with Gasteiger partial charge in [-0.25, -0.2) is 16.8 Å². The molecule has 1 N–H and O–H groups in total. The zero-order valence-electron chi connectivity index (χ0n) is 16.0. The van der Waals surface area contributed by atoms with E-state index in [1.165, 1.54) is 42.6 Å². The van der Waals surface area contributed by atoms with E-state index in [0.29, 0.717) is 6.42 Å². The summed E-state index contributed by atoms with van der Waals surface area (Å²) in [6.07, 6.45) is 2.84. The first-order chi connectivity index (χ1) is 14.3. The number of ether oxygens (including phenoxy) is 1. The fourth-order valence-corrected chi connectivity index (χ4v) is 5.34. The minimum Gasteiger partial charge on any atom is -0.435 e. The van der Waals surface area contributed by atoms with Crippen molar-refractivity contribution in [1.29, 1.82) is 0 Å². The lowest BCUT2D eigenvalue weighted by atomic mass is 10.1. The summed E-state index contributed by atoms with van der Waals surface area (Å²) >= 11 is 0. The number of nitrogens with zero attached hydrogens (tertiary/aromatic N) is 1. The third-order valence-electron chi connectivity index (χ3n) is 5.23. The Labute approximate surface area is 172 Å². The van der Waals surface area contributed by atoms with Gasteiger partial charge in [0.25, 0.3) is 10.0 Å². The van der Waals surface area contributed by atoms with Crippen LogP contribution in [0.25, 0.3) is 11.3 Å². The summed E-state index contributed by atoms with van der Waals surface area (Å²) in [6, 6.07) is 10.8. The van der Waals surface area contributed by atoms with Crippen molar-refractivity contribution in [2.45, 2.75) is 30.4 Å². The lowest BCUT2D eigenvalue weighted by Crippen LogP contribution is -2.16. The van der Waals surface area contributed by atoms with Gasteiger partial charge in [-0.15, -0.1) is 0 Å². The van der Waals surface area contributed by atoms with Crippen molar-refractivity contribution in [3.05, 3.63) is 71.7 Å². The van der Waals surface area contributed by atoms with Crippen molar-refractivity contribution in [2.75, 3.05) is 7.05 Å². The Kier molecular flexibility index (Phi) is 5.33. The number of aromatic nitrogens is 1. The molecule has 1 heterocycles. The predicted molar refractivity (Wildman–Crippen MR) is 106 cm³/mol. The standard InChI is InChI=1S/C21H19F3N2O3S/c1-25-19-10-9-15-17(19)12-26(20(15)16-7-2-3-8-18(16)22)30(27,28)14-6-4-5-13(11-14)29-21(23)24/h2-8,11-12,19,21,25H,9-10H2,1H3. The summed E-state index contributed by atoms with van der Waals surface area (Å²) < 4.78 is 72.1. The van der Waals surface area contributed by atoms with Gasteiger partial charge >= 0.3 is 6.61 Å². The Balaban J connectivity index is 1.92. The normalized spacial score (nSPS) is 16.1. The second kappa shape index (κ2) is 7.81. The van der Waals surface area contributed by atoms with E-state index >= 15 is 0 Å². The number of benzene rings is 2. The highest BCUT2D eigenvalue weighted by atomic mass is 32.2. The molecule has 3 aromatic rings. The van der Waals surface area contributed by atoms with Crippen LogP contribution >= 0.6 is 0 Å². The molecule has 0 fully saturated rings. The van der Waals surface area contributed by atoms with Crippen LogP contribution in [0.3, 0.4) is 0 Å². The number of hydrogen-bond acceptors (Lipinski definition) is 4. The first-order valence-electron chi connectivity index (χ1n) is 9.29. The van der Waals surface area contributed by atoms with E-state index in [2.05, 4.69) is 10.1 Å². The van der Waals surface area contributed by atoms with Crippen molar-refractivity contribution in [2.24, 2.45) is 0 Å². The summed E-state index contributed by atoms with van der Waals surface area (Å²) in [5, 5.41) is 3.14. The largest absolute Gasteiger partial charge is 0.435 e. The minimum absolute atomic E-state index is 0.0597. The number of alkyl halides is 2. The Morgan fingerprint density at radius 2 is 1.93 bits per heavy atom. The lowest BCUT2D eigenvalue weighted by Gasteiger charge is -2.14. The van der Waals surface area contributed by atoms with E-state index in [1.807, 2.05) is 0 Å². The van der Waals surface area contributed by atoms with E-state index in [0.717, 1.165) is 27.6 Å². The van der Waals surface area contributed by atoms with Crippen LogP contribution in [0.1, 0.15) is 23.6 Å². The van der Waals surface area contributed by atoms with Gasteiger partial charge in [0, 0.05) is 23.9 Å². The molecule has 1 aliphatic rings. The third kappa shape index (κ3) is 3.48. The van der Waals surface area contributed by atoms with Crippen molar-refractivity contribution >= 4 is 10.0 Å². The van der Waals surface area contributed by atoms with Crippen LogP contribution in [0.4, 0.5) is 13.2 Å². The van der Waals surface area contributed by atoms with E-state index < -0.39 is 22.5 Å². The van der Waals surface area contributed by atoms with Crippen LogP contribution in [0.15, 0.2) is 59.6 Å². The molecule has 0 saturated heterocycles. The molecule has 0 saturated carbocycles. The highest BCUT2D eigenvalue weighted by Crippen LogP contribution is 2.41. The molecule has 1 aromatic heterocycles. The molecule has 0 aliphatic heterocycles. The van der Waals surface area contributed by atoms with Crippen molar-refractivity contribution in [3.8, 4) is 17.0 Å². The molecule has 1 unspecified atom stereocenters. The number of rotatable bonds is 6. The molecule has 9 heteroatoms. The first-order valence-corrected chi connectivity index (χ1v) is 10.7. The van der Waals surface area contributed by atoms with Crippen LogP contribution in [0, 0.1) is 5.82 Å². The molecule has 1 atom stereocenters. The summed E-state index contributed by atoms with van der Waals surface area (Å²) in [5.74, 6) is -0.816. The van der Waals surface area contributed by atoms with Crippen LogP contribution in [-0.4, -0.2) is 26.0 Å². The molecule has 0 amide bonds. The predicted octanol–water partition coefficient (Wildman–Crippen LogP) is 4.34. The smallest absolute Gasteiger partial charge is 0.387 e. The van der Waals surface area contributed by atoms with Gasteiger partial charge in [-0.1, -0.05) is 18.2 Å². The summed E-state index contributed by atoms with van der Waals surface area (Å²) in [5.41, 5.74) is 1.95. The maximum Gasteiger partial charge on any atom is 0.387 e. The number of nitrogens with one attached hydrogen (secondary N) is 1. The third-order valence-corrected chi connectivity index (χ3v) is 6.89. The quantitative estimate of drug-likeness (QED) is 0.625. The maximum absolute atomic E-state index is 14.7. The van der Waals surface area contributed by atoms with Gasteiger partial charge in [0.05, 0.1) is 10.6 Å². The SMILES string of the molecule is CNC1CCc2c1cn(S(=O)(=O)c1cccc(OC(F)F)c1)c2-c1ccccc1F. The van der Waals surface area contributed by atoms with Gasteiger partial charge in [-0.3, -0.25) is 0 Å². The molecular weight excluding hydrogens is 417 g/mol. The Morgan fingerprint density at radius 1 is 1.17 bits per heavy atom. The Hall–Kier alpha value is -2.78. The van der Waals surface area contributed by atoms with Crippen molar-refractivity contribution in [1.82, 2.24) is 9.29 Å². The number of fused-ring (bicyclic) bond motifs is 1. The van der Waals surface area contributed by atoms with Crippen LogP contribution in [-0.2, 0) is 16.4 Å². The van der Waals surface area contributed by atoms with Gasteiger partial charge in [-0.05, 0) is 55.3 Å². The topological polar surface area (TPSA) is 60.3 Å². The average molecular weight is 436 g/mol. The first kappa shape index (κ1) is 20.5. The van der Waals surface area contributed by atoms with Gasteiger partial charge in [-0.2, -0.15) is 8.78 Å². The molecule has 2 aromatic carbocycles. The van der Waals surface area contributed by atoms with E-state index in [9.17, 15) is 21.6 Å². The molecule has 158 valence electrons. The molecule has 30 heavy (non-hydrogen) atoms. The number of hydrogen-bond donors (Lipinski definition) is 1. The highest BCUT2D eigenvalue weighted by molar-refractivity contribution is 7.90. The fraction of sp³-hybridized carbons (Fsp3) is 0.238. The van der Waals surface area contributed by atoms with Crippen LogP contribution in [0.2, 0.25) is 0 Å². The fourth-order valence-electron chi connectivity index (χ4n) is 3.89. The highest BCUT2D eigenvalue weighted by Gasteiger charge is 2.33. The van der Waals surface area contributed by atoms with Gasteiger partial charge < -0.3 is 10.1 Å². The Bertz CT molecular complexity index is 1190. The monoisotopic (exact) mass is 436 g/mol. The second-order valence-corrected chi connectivity index (χ2v) is 8.74. The lowest BCUT2D eigenvalue weighted by molar-refractivity contribution is -0.0499. The molecule has 0 bridgehead atoms. The van der Waals surface area contributed by atoms with Gasteiger partial charge in [0.1, 0.15) is 11.6 Å². The van der Waals surface area contributed by atoms with Crippen LogP contribution in [0.5, 0.6) is 5.75 Å². The second-order valence-electron chi connectivity index (χ2n) is 6.93. The minimum atomic E-state index is -4.21. The number of halogens is 3. The molecule has 1 aliphatic carbocycles. The molecular formula is C21H19F3N2O3S. The average Bonchev–Trinajstić information content (AvgIpc) is 3.27. The van der Waals surface area contributed by atoms with Gasteiger partial charge in [0.2, 0.25) is 0 Å². The van der Waals surface area contributed by atoms with E-state index in [-0.39, 0.29) is 27.9 Å². The molecule has 4 rings (SSSR count). The summed E-state index contributed by atoms with van der Waals surface area (Å²) in [7, 11) is -2.43. The van der Waals surface area contributed by atoms with Crippen LogP contribution < -0.4 is 10.1 Å². The van der Waals surface area contributed by atoms with E-state index in [4.69, 9.17) is 0 Å². The van der Waals surface area contributed by atoms with Gasteiger partial charge in [0.15, 0.2) is 0 Å². The Morgan fingerprint density at radius 3 is 2.63 bits per heavy atom. The zero-order valence-corrected chi connectivity index (χ0v) is 16.8. The summed E-state index contributed by atoms with van der Waals surface area (Å²) in [4.78, 5) is -0.229. The summed E-state index contributed by atoms with van der Waals surface area (Å²) in [6.45, 7) is -3.08. The van der Waals surface area contributed by atoms with E-state index in [1.54, 1.807) is 13.1 Å². The molecule has 5 nitrogen and oxygen atoms in total.